The van der Waals surface area contributed by atoms with Crippen molar-refractivity contribution in [1.29, 1.82) is 0 Å². The lowest BCUT2D eigenvalue weighted by Gasteiger charge is -2.12. The Morgan fingerprint density at radius 1 is 1.20 bits per heavy atom. The highest BCUT2D eigenvalue weighted by molar-refractivity contribution is 7.80. The number of nitrogens with one attached hydrogen (secondary N) is 3. The maximum atomic E-state index is 12.0. The van der Waals surface area contributed by atoms with E-state index in [1.54, 1.807) is 19.1 Å². The van der Waals surface area contributed by atoms with Crippen LogP contribution in [0.4, 0.5) is 5.69 Å². The summed E-state index contributed by atoms with van der Waals surface area (Å²) < 4.78 is 0. The van der Waals surface area contributed by atoms with Crippen LogP contribution < -0.4 is 16.2 Å². The van der Waals surface area contributed by atoms with E-state index in [0.717, 1.165) is 5.56 Å². The first-order valence-electron chi connectivity index (χ1n) is 7.20. The fourth-order valence-electron chi connectivity index (χ4n) is 2.02. The van der Waals surface area contributed by atoms with E-state index in [1.807, 2.05) is 12.1 Å². The second-order valence-electron chi connectivity index (χ2n) is 5.15. The van der Waals surface area contributed by atoms with Gasteiger partial charge in [0.25, 0.3) is 11.6 Å². The molecule has 0 unspecified atom stereocenters. The Hall–Kier alpha value is -2.71. The van der Waals surface area contributed by atoms with Crippen LogP contribution in [0.2, 0.25) is 5.02 Å². The number of hydrogen-bond acceptors (Lipinski definition) is 4. The van der Waals surface area contributed by atoms with E-state index in [2.05, 4.69) is 16.2 Å². The van der Waals surface area contributed by atoms with Crippen LogP contribution in [0.15, 0.2) is 42.5 Å². The summed E-state index contributed by atoms with van der Waals surface area (Å²) in [5.74, 6) is -0.450. The maximum absolute atomic E-state index is 12.0. The fourth-order valence-corrected chi connectivity index (χ4v) is 2.27. The minimum absolute atomic E-state index is 0.0374. The van der Waals surface area contributed by atoms with Gasteiger partial charge in [0.15, 0.2) is 5.11 Å². The molecule has 9 heteroatoms. The minimum atomic E-state index is -0.495. The average molecular weight is 379 g/mol. The monoisotopic (exact) mass is 378 g/mol. The number of carbonyl (C=O) groups is 1. The summed E-state index contributed by atoms with van der Waals surface area (Å²) in [6.07, 6.45) is 0. The summed E-state index contributed by atoms with van der Waals surface area (Å²) in [5, 5.41) is 14.6. The number of thiocarbonyl (C=S) groups is 1. The summed E-state index contributed by atoms with van der Waals surface area (Å²) >= 11 is 10.9. The Morgan fingerprint density at radius 3 is 2.48 bits per heavy atom. The van der Waals surface area contributed by atoms with Crippen LogP contribution in [0.3, 0.4) is 0 Å². The van der Waals surface area contributed by atoms with Gasteiger partial charge in [-0.05, 0) is 49.0 Å². The van der Waals surface area contributed by atoms with Gasteiger partial charge in [0.05, 0.1) is 4.92 Å². The average Bonchev–Trinajstić information content (AvgIpc) is 2.58. The van der Waals surface area contributed by atoms with Gasteiger partial charge in [-0.2, -0.15) is 0 Å². The zero-order chi connectivity index (χ0) is 18.4. The van der Waals surface area contributed by atoms with Crippen molar-refractivity contribution in [2.24, 2.45) is 0 Å². The third-order valence-corrected chi connectivity index (χ3v) is 3.81. The number of nitrogens with zero attached hydrogens (tertiary/aromatic N) is 1. The molecule has 1 amide bonds. The topological polar surface area (TPSA) is 96.3 Å². The minimum Gasteiger partial charge on any atom is -0.357 e. The van der Waals surface area contributed by atoms with Crippen LogP contribution in [-0.2, 0) is 6.54 Å². The Morgan fingerprint density at radius 2 is 1.88 bits per heavy atom. The highest BCUT2D eigenvalue weighted by Crippen LogP contribution is 2.18. The number of amides is 1. The predicted octanol–water partition coefficient (Wildman–Crippen LogP) is 2.87. The van der Waals surface area contributed by atoms with E-state index in [9.17, 15) is 14.9 Å². The van der Waals surface area contributed by atoms with Crippen LogP contribution in [0, 0.1) is 17.0 Å². The van der Waals surface area contributed by atoms with Crippen LogP contribution in [0.25, 0.3) is 0 Å². The number of hydrogen-bond donors (Lipinski definition) is 3. The zero-order valence-corrected chi connectivity index (χ0v) is 14.8. The zero-order valence-electron chi connectivity index (χ0n) is 13.2. The van der Waals surface area contributed by atoms with Gasteiger partial charge in [-0.25, -0.2) is 0 Å². The van der Waals surface area contributed by atoms with Gasteiger partial charge in [0.1, 0.15) is 0 Å². The molecule has 0 aliphatic carbocycles. The highest BCUT2D eigenvalue weighted by Gasteiger charge is 2.13. The second-order valence-corrected chi connectivity index (χ2v) is 5.99. The molecule has 0 aliphatic rings. The number of aryl methyl sites for hydroxylation is 1. The van der Waals surface area contributed by atoms with E-state index < -0.39 is 10.8 Å². The van der Waals surface area contributed by atoms with Gasteiger partial charge in [-0.15, -0.1) is 0 Å². The Labute approximate surface area is 154 Å². The molecule has 0 radical (unpaired) electrons. The van der Waals surface area contributed by atoms with Gasteiger partial charge in [0.2, 0.25) is 0 Å². The van der Waals surface area contributed by atoms with Gasteiger partial charge in [-0.1, -0.05) is 23.7 Å². The van der Waals surface area contributed by atoms with Crippen molar-refractivity contribution in [3.63, 3.8) is 0 Å². The van der Waals surface area contributed by atoms with Gasteiger partial charge in [0, 0.05) is 28.8 Å². The van der Waals surface area contributed by atoms with Crippen molar-refractivity contribution < 1.29 is 9.72 Å². The number of nitro groups is 1. The van der Waals surface area contributed by atoms with Crippen molar-refractivity contribution in [1.82, 2.24) is 16.2 Å². The third kappa shape index (κ3) is 5.40. The molecule has 0 aromatic heterocycles. The molecule has 2 aromatic carbocycles. The van der Waals surface area contributed by atoms with Crippen molar-refractivity contribution >= 4 is 40.5 Å². The van der Waals surface area contributed by atoms with E-state index in [0.29, 0.717) is 17.1 Å². The molecule has 0 aliphatic heterocycles. The number of benzene rings is 2. The van der Waals surface area contributed by atoms with Crippen LogP contribution >= 0.6 is 23.8 Å². The Kier molecular flexibility index (Phi) is 6.26. The molecule has 0 saturated carbocycles. The summed E-state index contributed by atoms with van der Waals surface area (Å²) in [6.45, 7) is 2.04. The van der Waals surface area contributed by atoms with Crippen LogP contribution in [0.1, 0.15) is 21.5 Å². The first-order chi connectivity index (χ1) is 11.9. The molecule has 7 nitrogen and oxygen atoms in total. The van der Waals surface area contributed by atoms with Gasteiger partial charge < -0.3 is 5.32 Å². The number of carbonyl (C=O) groups excluding carboxylic acids is 1. The molecule has 0 saturated heterocycles. The third-order valence-electron chi connectivity index (χ3n) is 3.31. The van der Waals surface area contributed by atoms with Crippen LogP contribution in [-0.4, -0.2) is 15.9 Å². The normalized spacial score (nSPS) is 10.0. The standard InChI is InChI=1S/C16H15ClN4O3S/c1-10-8-12(4-7-14(10)21(23)24)15(22)19-20-16(25)18-9-11-2-5-13(17)6-3-11/h2-8H,9H2,1H3,(H,19,22)(H2,18,20,25). The van der Waals surface area contributed by atoms with Crippen LogP contribution in [0.5, 0.6) is 0 Å². The Bertz CT molecular complexity index is 812. The fraction of sp³-hybridized carbons (Fsp3) is 0.125. The van der Waals surface area contributed by atoms with E-state index >= 15 is 0 Å². The first-order valence-corrected chi connectivity index (χ1v) is 7.99. The summed E-state index contributed by atoms with van der Waals surface area (Å²) in [6, 6.07) is 11.4. The molecule has 0 heterocycles. The molecule has 0 bridgehead atoms. The number of rotatable bonds is 4. The highest BCUT2D eigenvalue weighted by atomic mass is 35.5. The molecule has 2 rings (SSSR count). The van der Waals surface area contributed by atoms with E-state index in [-0.39, 0.29) is 16.4 Å². The number of nitro benzene ring substituents is 1. The molecular weight excluding hydrogens is 364 g/mol. The predicted molar refractivity (Wildman–Crippen MR) is 99.3 cm³/mol. The molecule has 130 valence electrons. The Balaban J connectivity index is 1.84. The molecule has 0 spiro atoms. The SMILES string of the molecule is Cc1cc(C(=O)NNC(=S)NCc2ccc(Cl)cc2)ccc1[N+](=O)[O-]. The molecule has 2 aromatic rings. The second kappa shape index (κ2) is 8.41. The number of halogens is 1. The van der Waals surface area contributed by atoms with Crippen molar-refractivity contribution in [3.05, 3.63) is 74.3 Å². The van der Waals surface area contributed by atoms with E-state index in [1.165, 1.54) is 18.2 Å². The van der Waals surface area contributed by atoms with Crippen molar-refractivity contribution in [2.45, 2.75) is 13.5 Å². The van der Waals surface area contributed by atoms with E-state index in [4.69, 9.17) is 23.8 Å². The van der Waals surface area contributed by atoms with Gasteiger partial charge >= 0.3 is 0 Å². The maximum Gasteiger partial charge on any atom is 0.272 e. The lowest BCUT2D eigenvalue weighted by molar-refractivity contribution is -0.385. The first kappa shape index (κ1) is 18.6. The largest absolute Gasteiger partial charge is 0.357 e. The summed E-state index contributed by atoms with van der Waals surface area (Å²) in [4.78, 5) is 22.3. The lowest BCUT2D eigenvalue weighted by atomic mass is 10.1. The molecular formula is C16H15ClN4O3S. The molecule has 0 fully saturated rings. The molecule has 0 atom stereocenters. The molecule has 3 N–H and O–H groups in total. The quantitative estimate of drug-likeness (QED) is 0.430. The summed E-state index contributed by atoms with van der Waals surface area (Å²) in [7, 11) is 0. The van der Waals surface area contributed by atoms with Crippen molar-refractivity contribution in [3.8, 4) is 0 Å². The lowest BCUT2D eigenvalue weighted by Crippen LogP contribution is -2.46. The molecule has 25 heavy (non-hydrogen) atoms. The number of hydrazine groups is 1. The van der Waals surface area contributed by atoms with Crippen molar-refractivity contribution in [2.75, 3.05) is 0 Å². The summed E-state index contributed by atoms with van der Waals surface area (Å²) in [5.41, 5.74) is 6.65. The van der Waals surface area contributed by atoms with Gasteiger partial charge in [-0.3, -0.25) is 25.8 Å². The smallest absolute Gasteiger partial charge is 0.272 e.